The van der Waals surface area contributed by atoms with Gasteiger partial charge in [0.2, 0.25) is 0 Å². The highest BCUT2D eigenvalue weighted by Gasteiger charge is 2.30. The van der Waals surface area contributed by atoms with Gasteiger partial charge in [0.25, 0.3) is 0 Å². The number of hydrogen-bond acceptors (Lipinski definition) is 4. The van der Waals surface area contributed by atoms with Crippen molar-refractivity contribution in [2.24, 2.45) is 5.84 Å². The van der Waals surface area contributed by atoms with Gasteiger partial charge in [0, 0.05) is 11.6 Å². The van der Waals surface area contributed by atoms with Crippen molar-refractivity contribution < 1.29 is 4.74 Å². The molecule has 4 heteroatoms. The average molecular weight is 257 g/mol. The van der Waals surface area contributed by atoms with Crippen LogP contribution in [-0.2, 0) is 4.74 Å². The van der Waals surface area contributed by atoms with E-state index in [2.05, 4.69) is 29.5 Å². The molecule has 3 rings (SSSR count). The van der Waals surface area contributed by atoms with Crippen molar-refractivity contribution in [1.82, 2.24) is 10.4 Å². The number of ether oxygens (including phenoxy) is 1. The average Bonchev–Trinajstić information content (AvgIpc) is 2.86. The molecule has 0 radical (unpaired) electrons. The molecular weight excluding hydrogens is 238 g/mol. The summed E-state index contributed by atoms with van der Waals surface area (Å²) in [6.45, 7) is 2.10. The molecule has 100 valence electrons. The second-order valence-electron chi connectivity index (χ2n) is 5.17. The van der Waals surface area contributed by atoms with Gasteiger partial charge >= 0.3 is 0 Å². The number of rotatable bonds is 3. The van der Waals surface area contributed by atoms with Crippen molar-refractivity contribution >= 4 is 10.9 Å². The Morgan fingerprint density at radius 1 is 1.37 bits per heavy atom. The van der Waals surface area contributed by atoms with Crippen molar-refractivity contribution in [3.63, 3.8) is 0 Å². The predicted octanol–water partition coefficient (Wildman–Crippen LogP) is 2.31. The number of hydrogen-bond donors (Lipinski definition) is 2. The third-order valence-corrected chi connectivity index (χ3v) is 3.79. The molecule has 3 unspecified atom stereocenters. The smallest absolute Gasteiger partial charge is 0.0787 e. The Bertz CT molecular complexity index is 572. The van der Waals surface area contributed by atoms with E-state index in [0.29, 0.717) is 6.10 Å². The fourth-order valence-corrected chi connectivity index (χ4v) is 2.76. The first kappa shape index (κ1) is 12.5. The molecule has 2 aromatic rings. The van der Waals surface area contributed by atoms with Gasteiger partial charge in [0.05, 0.1) is 23.8 Å². The van der Waals surface area contributed by atoms with E-state index in [-0.39, 0.29) is 12.1 Å². The van der Waals surface area contributed by atoms with E-state index in [1.165, 1.54) is 0 Å². The van der Waals surface area contributed by atoms with Crippen molar-refractivity contribution in [2.45, 2.75) is 38.0 Å². The standard InChI is InChI=1S/C15H19N3O/c1-10-6-7-14(19-10)15(18-16)12-8-11-4-2-3-5-13(11)17-9-12/h2-5,8-10,14-15,18H,6-7,16H2,1H3. The highest BCUT2D eigenvalue weighted by Crippen LogP contribution is 2.30. The lowest BCUT2D eigenvalue weighted by Crippen LogP contribution is -2.36. The van der Waals surface area contributed by atoms with Gasteiger partial charge in [-0.2, -0.15) is 0 Å². The van der Waals surface area contributed by atoms with Crippen molar-refractivity contribution in [3.05, 3.63) is 42.1 Å². The van der Waals surface area contributed by atoms with Crippen LogP contribution in [0.2, 0.25) is 0 Å². The zero-order valence-electron chi connectivity index (χ0n) is 11.0. The van der Waals surface area contributed by atoms with Crippen LogP contribution < -0.4 is 11.3 Å². The third kappa shape index (κ3) is 2.47. The number of fused-ring (bicyclic) bond motifs is 1. The van der Waals surface area contributed by atoms with E-state index in [0.717, 1.165) is 29.3 Å². The van der Waals surface area contributed by atoms with Crippen molar-refractivity contribution in [3.8, 4) is 0 Å². The Labute approximate surface area is 112 Å². The molecule has 0 spiro atoms. The highest BCUT2D eigenvalue weighted by molar-refractivity contribution is 5.78. The molecule has 1 aromatic carbocycles. The molecule has 4 nitrogen and oxygen atoms in total. The number of nitrogens with two attached hydrogens (primary N) is 1. The first-order valence-electron chi connectivity index (χ1n) is 6.74. The molecule has 0 bridgehead atoms. The quantitative estimate of drug-likeness (QED) is 0.654. The number of nitrogens with zero attached hydrogens (tertiary/aromatic N) is 1. The summed E-state index contributed by atoms with van der Waals surface area (Å²) in [4.78, 5) is 4.49. The summed E-state index contributed by atoms with van der Waals surface area (Å²) in [5, 5.41) is 1.13. The van der Waals surface area contributed by atoms with Crippen molar-refractivity contribution in [2.75, 3.05) is 0 Å². The van der Waals surface area contributed by atoms with Gasteiger partial charge in [-0.3, -0.25) is 16.3 Å². The van der Waals surface area contributed by atoms with Gasteiger partial charge in [0.15, 0.2) is 0 Å². The lowest BCUT2D eigenvalue weighted by molar-refractivity contribution is 0.0315. The molecule has 1 aromatic heterocycles. The summed E-state index contributed by atoms with van der Waals surface area (Å²) in [7, 11) is 0. The molecule has 3 N–H and O–H groups in total. The molecule has 0 amide bonds. The Kier molecular flexibility index (Phi) is 3.46. The van der Waals surface area contributed by atoms with Gasteiger partial charge in [0.1, 0.15) is 0 Å². The Balaban J connectivity index is 1.92. The molecule has 19 heavy (non-hydrogen) atoms. The molecule has 2 heterocycles. The first-order chi connectivity index (χ1) is 9.28. The summed E-state index contributed by atoms with van der Waals surface area (Å²) in [6.07, 6.45) is 4.45. The fraction of sp³-hybridized carbons (Fsp3) is 0.400. The number of pyridine rings is 1. The van der Waals surface area contributed by atoms with Crippen LogP contribution in [0.5, 0.6) is 0 Å². The Morgan fingerprint density at radius 2 is 2.21 bits per heavy atom. The van der Waals surface area contributed by atoms with Crippen LogP contribution in [0.15, 0.2) is 36.5 Å². The summed E-state index contributed by atoms with van der Waals surface area (Å²) in [5.41, 5.74) is 4.97. The molecular formula is C15H19N3O. The summed E-state index contributed by atoms with van der Waals surface area (Å²) < 4.78 is 5.91. The van der Waals surface area contributed by atoms with Gasteiger partial charge in [-0.1, -0.05) is 18.2 Å². The van der Waals surface area contributed by atoms with Gasteiger partial charge < -0.3 is 4.74 Å². The number of benzene rings is 1. The number of nitrogens with one attached hydrogen (secondary N) is 1. The zero-order chi connectivity index (χ0) is 13.2. The SMILES string of the molecule is CC1CCC(C(NN)c2cnc3ccccc3c2)O1. The maximum Gasteiger partial charge on any atom is 0.0787 e. The van der Waals surface area contributed by atoms with E-state index in [9.17, 15) is 0 Å². The van der Waals surface area contributed by atoms with E-state index >= 15 is 0 Å². The first-order valence-corrected chi connectivity index (χ1v) is 6.74. The van der Waals surface area contributed by atoms with Crippen LogP contribution in [0.25, 0.3) is 10.9 Å². The Hall–Kier alpha value is -1.49. The maximum atomic E-state index is 5.91. The number of para-hydroxylation sites is 1. The van der Waals surface area contributed by atoms with E-state index in [1.807, 2.05) is 24.4 Å². The Morgan fingerprint density at radius 3 is 2.95 bits per heavy atom. The predicted molar refractivity (Wildman–Crippen MR) is 75.4 cm³/mol. The second kappa shape index (κ2) is 5.25. The van der Waals surface area contributed by atoms with Gasteiger partial charge in [-0.05, 0) is 37.5 Å². The minimum Gasteiger partial charge on any atom is -0.373 e. The lowest BCUT2D eigenvalue weighted by atomic mass is 10.00. The molecule has 1 saturated heterocycles. The molecule has 3 atom stereocenters. The van der Waals surface area contributed by atoms with E-state index in [1.54, 1.807) is 0 Å². The molecule has 1 fully saturated rings. The number of aromatic nitrogens is 1. The van der Waals surface area contributed by atoms with Crippen LogP contribution in [0.3, 0.4) is 0 Å². The summed E-state index contributed by atoms with van der Waals surface area (Å²) >= 11 is 0. The van der Waals surface area contributed by atoms with E-state index < -0.39 is 0 Å². The molecule has 1 aliphatic heterocycles. The monoisotopic (exact) mass is 257 g/mol. The van der Waals surface area contributed by atoms with Gasteiger partial charge in [-0.15, -0.1) is 0 Å². The van der Waals surface area contributed by atoms with E-state index in [4.69, 9.17) is 10.6 Å². The fourth-order valence-electron chi connectivity index (χ4n) is 2.76. The van der Waals surface area contributed by atoms with Crippen molar-refractivity contribution in [1.29, 1.82) is 0 Å². The topological polar surface area (TPSA) is 60.2 Å². The largest absolute Gasteiger partial charge is 0.373 e. The molecule has 0 saturated carbocycles. The molecule has 0 aliphatic carbocycles. The van der Waals surface area contributed by atoms with Crippen LogP contribution in [-0.4, -0.2) is 17.2 Å². The van der Waals surface area contributed by atoms with Crippen LogP contribution in [0.1, 0.15) is 31.4 Å². The van der Waals surface area contributed by atoms with Gasteiger partial charge in [-0.25, -0.2) is 0 Å². The molecule has 1 aliphatic rings. The normalized spacial score (nSPS) is 24.7. The minimum absolute atomic E-state index is 0.00190. The zero-order valence-corrected chi connectivity index (χ0v) is 11.0. The van der Waals surface area contributed by atoms with Crippen LogP contribution in [0.4, 0.5) is 0 Å². The summed E-state index contributed by atoms with van der Waals surface area (Å²) in [5.74, 6) is 5.72. The lowest BCUT2D eigenvalue weighted by Gasteiger charge is -2.23. The maximum absolute atomic E-state index is 5.91. The third-order valence-electron chi connectivity index (χ3n) is 3.79. The minimum atomic E-state index is 0.00190. The number of hydrazine groups is 1. The summed E-state index contributed by atoms with van der Waals surface area (Å²) in [6, 6.07) is 10.2. The van der Waals surface area contributed by atoms with Crippen LogP contribution >= 0.6 is 0 Å². The second-order valence-corrected chi connectivity index (χ2v) is 5.17. The highest BCUT2D eigenvalue weighted by atomic mass is 16.5. The van der Waals surface area contributed by atoms with Crippen LogP contribution in [0, 0.1) is 0 Å².